The molecule has 1 amide bonds. The average molecular weight is 304 g/mol. The second kappa shape index (κ2) is 5.51. The van der Waals surface area contributed by atoms with Crippen molar-refractivity contribution >= 4 is 33.2 Å². The molecule has 106 valence electrons. The van der Waals surface area contributed by atoms with Gasteiger partial charge in [0.2, 0.25) is 15.9 Å². The molecule has 19 heavy (non-hydrogen) atoms. The topological polar surface area (TPSA) is 54.5 Å². The summed E-state index contributed by atoms with van der Waals surface area (Å²) in [4.78, 5) is 12.4. The van der Waals surface area contributed by atoms with E-state index in [0.29, 0.717) is 10.7 Å². The third-order valence-electron chi connectivity index (χ3n) is 2.53. The zero-order valence-corrected chi connectivity index (χ0v) is 13.0. The molecular formula is C13H18ClNO3S. The van der Waals surface area contributed by atoms with Crippen molar-refractivity contribution in [3.63, 3.8) is 0 Å². The third-order valence-corrected chi connectivity index (χ3v) is 4.44. The highest BCUT2D eigenvalue weighted by Crippen LogP contribution is 2.27. The van der Waals surface area contributed by atoms with E-state index in [2.05, 4.69) is 0 Å². The molecule has 0 saturated heterocycles. The SMILES string of the molecule is CCS(=O)(=O)N(C(=O)C(C)(C)C)c1ccc(Cl)cc1. The second-order valence-corrected chi connectivity index (χ2v) is 7.74. The molecule has 4 nitrogen and oxygen atoms in total. The molecule has 0 N–H and O–H groups in total. The fraction of sp³-hybridized carbons (Fsp3) is 0.462. The van der Waals surface area contributed by atoms with Crippen molar-refractivity contribution in [2.24, 2.45) is 5.41 Å². The largest absolute Gasteiger partial charge is 0.273 e. The van der Waals surface area contributed by atoms with Gasteiger partial charge in [0.05, 0.1) is 11.4 Å². The van der Waals surface area contributed by atoms with E-state index in [1.165, 1.54) is 19.1 Å². The number of sulfonamides is 1. The zero-order chi connectivity index (χ0) is 14.8. The first kappa shape index (κ1) is 16.0. The van der Waals surface area contributed by atoms with Gasteiger partial charge in [-0.25, -0.2) is 12.7 Å². The number of hydrogen-bond acceptors (Lipinski definition) is 3. The van der Waals surface area contributed by atoms with Gasteiger partial charge < -0.3 is 0 Å². The van der Waals surface area contributed by atoms with E-state index in [1.54, 1.807) is 32.9 Å². The summed E-state index contributed by atoms with van der Waals surface area (Å²) in [6.07, 6.45) is 0. The van der Waals surface area contributed by atoms with Crippen LogP contribution in [0.15, 0.2) is 24.3 Å². The Bertz CT molecular complexity index is 559. The Kier molecular flexibility index (Phi) is 4.63. The van der Waals surface area contributed by atoms with Gasteiger partial charge in [-0.05, 0) is 31.2 Å². The average Bonchev–Trinajstić information content (AvgIpc) is 2.30. The lowest BCUT2D eigenvalue weighted by Gasteiger charge is -2.28. The van der Waals surface area contributed by atoms with Crippen molar-refractivity contribution < 1.29 is 13.2 Å². The summed E-state index contributed by atoms with van der Waals surface area (Å²) in [5, 5.41) is 0.487. The molecule has 0 saturated carbocycles. The standard InChI is InChI=1S/C13H18ClNO3S/c1-5-19(17,18)15(12(16)13(2,3)4)11-8-6-10(14)7-9-11/h6-9H,5H2,1-4H3. The highest BCUT2D eigenvalue weighted by Gasteiger charge is 2.35. The van der Waals surface area contributed by atoms with Crippen molar-refractivity contribution in [2.45, 2.75) is 27.7 Å². The van der Waals surface area contributed by atoms with Crippen molar-refractivity contribution in [1.82, 2.24) is 0 Å². The molecule has 1 rings (SSSR count). The van der Waals surface area contributed by atoms with E-state index in [0.717, 1.165) is 4.31 Å². The van der Waals surface area contributed by atoms with Crippen molar-refractivity contribution in [3.8, 4) is 0 Å². The molecule has 1 aromatic carbocycles. The highest BCUT2D eigenvalue weighted by atomic mass is 35.5. The molecule has 0 radical (unpaired) electrons. The van der Waals surface area contributed by atoms with E-state index in [9.17, 15) is 13.2 Å². The van der Waals surface area contributed by atoms with E-state index in [1.807, 2.05) is 0 Å². The Labute approximate surface area is 119 Å². The number of benzene rings is 1. The Morgan fingerprint density at radius 1 is 1.21 bits per heavy atom. The molecule has 0 heterocycles. The van der Waals surface area contributed by atoms with Gasteiger partial charge in [-0.3, -0.25) is 4.79 Å². The molecule has 6 heteroatoms. The van der Waals surface area contributed by atoms with Gasteiger partial charge >= 0.3 is 0 Å². The maximum Gasteiger partial charge on any atom is 0.246 e. The molecule has 1 aromatic rings. The zero-order valence-electron chi connectivity index (χ0n) is 11.5. The number of halogens is 1. The van der Waals surface area contributed by atoms with Gasteiger partial charge in [-0.2, -0.15) is 0 Å². The summed E-state index contributed by atoms with van der Waals surface area (Å²) in [6, 6.07) is 6.17. The molecule has 0 unspecified atom stereocenters. The highest BCUT2D eigenvalue weighted by molar-refractivity contribution is 7.93. The van der Waals surface area contributed by atoms with Gasteiger partial charge in [0.1, 0.15) is 0 Å². The number of amides is 1. The normalized spacial score (nSPS) is 12.3. The van der Waals surface area contributed by atoms with E-state index in [4.69, 9.17) is 11.6 Å². The van der Waals surface area contributed by atoms with Crippen LogP contribution >= 0.6 is 11.6 Å². The van der Waals surface area contributed by atoms with Gasteiger partial charge in [0, 0.05) is 10.4 Å². The van der Waals surface area contributed by atoms with Crippen molar-refractivity contribution in [3.05, 3.63) is 29.3 Å². The Morgan fingerprint density at radius 2 is 1.68 bits per heavy atom. The predicted molar refractivity (Wildman–Crippen MR) is 77.9 cm³/mol. The molecule has 0 fully saturated rings. The second-order valence-electron chi connectivity index (χ2n) is 5.20. The summed E-state index contributed by atoms with van der Waals surface area (Å²) < 4.78 is 25.2. The van der Waals surface area contributed by atoms with Crippen LogP contribution < -0.4 is 4.31 Å². The van der Waals surface area contributed by atoms with Crippen LogP contribution in [-0.4, -0.2) is 20.1 Å². The molecule has 0 aliphatic rings. The smallest absolute Gasteiger partial charge is 0.246 e. The lowest BCUT2D eigenvalue weighted by atomic mass is 9.95. The number of nitrogens with zero attached hydrogens (tertiary/aromatic N) is 1. The third kappa shape index (κ3) is 3.70. The molecule has 0 aliphatic carbocycles. The maximum atomic E-state index is 12.4. The maximum absolute atomic E-state index is 12.4. The van der Waals surface area contributed by atoms with E-state index >= 15 is 0 Å². The van der Waals surface area contributed by atoms with Crippen LogP contribution in [0.4, 0.5) is 5.69 Å². The number of carbonyl (C=O) groups is 1. The van der Waals surface area contributed by atoms with Crippen LogP contribution in [0.3, 0.4) is 0 Å². The van der Waals surface area contributed by atoms with Crippen LogP contribution in [0.25, 0.3) is 0 Å². The minimum atomic E-state index is -3.67. The minimum Gasteiger partial charge on any atom is -0.273 e. The first-order valence-electron chi connectivity index (χ1n) is 5.92. The molecule has 0 aliphatic heterocycles. The summed E-state index contributed by atoms with van der Waals surface area (Å²) in [6.45, 7) is 6.56. The molecule has 0 bridgehead atoms. The Hall–Kier alpha value is -1.07. The van der Waals surface area contributed by atoms with Gasteiger partial charge in [0.15, 0.2) is 0 Å². The first-order valence-corrected chi connectivity index (χ1v) is 7.91. The molecular weight excluding hydrogens is 286 g/mol. The van der Waals surface area contributed by atoms with E-state index < -0.39 is 21.3 Å². The number of rotatable bonds is 3. The number of hydrogen-bond donors (Lipinski definition) is 0. The number of carbonyl (C=O) groups excluding carboxylic acids is 1. The number of anilines is 1. The van der Waals surface area contributed by atoms with Crippen molar-refractivity contribution in [1.29, 1.82) is 0 Å². The lowest BCUT2D eigenvalue weighted by molar-refractivity contribution is -0.124. The summed E-state index contributed by atoms with van der Waals surface area (Å²) in [5.74, 6) is -0.603. The quantitative estimate of drug-likeness (QED) is 0.862. The monoisotopic (exact) mass is 303 g/mol. The van der Waals surface area contributed by atoms with Gasteiger partial charge in [0.25, 0.3) is 0 Å². The lowest BCUT2D eigenvalue weighted by Crippen LogP contribution is -2.44. The summed E-state index contributed by atoms with van der Waals surface area (Å²) in [7, 11) is -3.67. The van der Waals surface area contributed by atoms with E-state index in [-0.39, 0.29) is 5.75 Å². The van der Waals surface area contributed by atoms with Crippen LogP contribution in [0.1, 0.15) is 27.7 Å². The van der Waals surface area contributed by atoms with Gasteiger partial charge in [-0.15, -0.1) is 0 Å². The predicted octanol–water partition coefficient (Wildman–Crippen LogP) is 3.07. The summed E-state index contributed by atoms with van der Waals surface area (Å²) >= 11 is 5.78. The Balaban J connectivity index is 3.37. The summed E-state index contributed by atoms with van der Waals surface area (Å²) in [5.41, 5.74) is -0.479. The molecule has 0 atom stereocenters. The fourth-order valence-electron chi connectivity index (χ4n) is 1.41. The van der Waals surface area contributed by atoms with Gasteiger partial charge in [-0.1, -0.05) is 32.4 Å². The molecule has 0 spiro atoms. The minimum absolute atomic E-state index is 0.141. The van der Waals surface area contributed by atoms with Crippen LogP contribution in [0.2, 0.25) is 5.02 Å². The molecule has 0 aromatic heterocycles. The Morgan fingerprint density at radius 3 is 2.05 bits per heavy atom. The van der Waals surface area contributed by atoms with Crippen molar-refractivity contribution in [2.75, 3.05) is 10.1 Å². The first-order chi connectivity index (χ1) is 8.59. The van der Waals surface area contributed by atoms with Crippen LogP contribution in [0.5, 0.6) is 0 Å². The van der Waals surface area contributed by atoms with Crippen LogP contribution in [-0.2, 0) is 14.8 Å². The van der Waals surface area contributed by atoms with Crippen LogP contribution in [0, 0.1) is 5.41 Å². The fourth-order valence-corrected chi connectivity index (χ4v) is 2.77.